The standard InChI is InChI=1S/C12H14BrNO2/c13-9-5-7-10(8-6-9)14(16)11-3-1-2-4-12(11)15/h5-8,11,16H,1-4H2. The molecule has 1 aliphatic carbocycles. The lowest BCUT2D eigenvalue weighted by molar-refractivity contribution is -0.123. The predicted octanol–water partition coefficient (Wildman–Crippen LogP) is 3.16. The van der Waals surface area contributed by atoms with E-state index in [1.165, 1.54) is 0 Å². The van der Waals surface area contributed by atoms with Crippen LogP contribution < -0.4 is 5.06 Å². The molecule has 1 aromatic carbocycles. The van der Waals surface area contributed by atoms with E-state index in [2.05, 4.69) is 15.9 Å². The van der Waals surface area contributed by atoms with Gasteiger partial charge in [0, 0.05) is 10.9 Å². The highest BCUT2D eigenvalue weighted by Gasteiger charge is 2.27. The van der Waals surface area contributed by atoms with E-state index in [1.807, 2.05) is 12.1 Å². The first-order chi connectivity index (χ1) is 7.68. The van der Waals surface area contributed by atoms with Crippen LogP contribution in [0.25, 0.3) is 0 Å². The van der Waals surface area contributed by atoms with Gasteiger partial charge in [0.25, 0.3) is 0 Å². The van der Waals surface area contributed by atoms with Crippen LogP contribution >= 0.6 is 15.9 Å². The summed E-state index contributed by atoms with van der Waals surface area (Å²) in [7, 11) is 0. The zero-order valence-electron chi connectivity index (χ0n) is 8.90. The molecule has 3 nitrogen and oxygen atoms in total. The maximum absolute atomic E-state index is 11.7. The van der Waals surface area contributed by atoms with Crippen molar-refractivity contribution in [1.29, 1.82) is 0 Å². The minimum absolute atomic E-state index is 0.136. The SMILES string of the molecule is O=C1CCCCC1N(O)c1ccc(Br)cc1. The second-order valence-electron chi connectivity index (χ2n) is 4.05. The maximum Gasteiger partial charge on any atom is 0.157 e. The zero-order valence-corrected chi connectivity index (χ0v) is 10.5. The van der Waals surface area contributed by atoms with Gasteiger partial charge in [-0.3, -0.25) is 10.0 Å². The summed E-state index contributed by atoms with van der Waals surface area (Å²) in [6.07, 6.45) is 3.27. The van der Waals surface area contributed by atoms with Crippen molar-refractivity contribution in [2.24, 2.45) is 0 Å². The molecule has 1 saturated carbocycles. The van der Waals surface area contributed by atoms with Crippen LogP contribution in [0.2, 0.25) is 0 Å². The minimum Gasteiger partial charge on any atom is -0.297 e. The molecule has 16 heavy (non-hydrogen) atoms. The van der Waals surface area contributed by atoms with Crippen LogP contribution in [0, 0.1) is 0 Å². The Bertz CT molecular complexity index is 377. The molecule has 4 heteroatoms. The summed E-state index contributed by atoms with van der Waals surface area (Å²) in [6, 6.07) is 6.94. The van der Waals surface area contributed by atoms with Crippen LogP contribution in [0.1, 0.15) is 25.7 Å². The Hall–Kier alpha value is -0.870. The Balaban J connectivity index is 2.14. The molecule has 0 aliphatic heterocycles. The molecule has 0 heterocycles. The van der Waals surface area contributed by atoms with Crippen molar-refractivity contribution in [3.05, 3.63) is 28.7 Å². The van der Waals surface area contributed by atoms with Crippen molar-refractivity contribution in [3.8, 4) is 0 Å². The van der Waals surface area contributed by atoms with Gasteiger partial charge in [-0.2, -0.15) is 0 Å². The normalized spacial score (nSPS) is 20.9. The van der Waals surface area contributed by atoms with Crippen LogP contribution in [-0.2, 0) is 4.79 Å². The van der Waals surface area contributed by atoms with Crippen LogP contribution in [0.5, 0.6) is 0 Å². The summed E-state index contributed by atoms with van der Waals surface area (Å²) < 4.78 is 0.958. The Morgan fingerprint density at radius 3 is 2.56 bits per heavy atom. The maximum atomic E-state index is 11.7. The van der Waals surface area contributed by atoms with Gasteiger partial charge in [-0.25, -0.2) is 5.06 Å². The topological polar surface area (TPSA) is 40.5 Å². The number of hydrogen-bond acceptors (Lipinski definition) is 3. The highest BCUT2D eigenvalue weighted by molar-refractivity contribution is 9.10. The second-order valence-corrected chi connectivity index (χ2v) is 4.96. The third kappa shape index (κ3) is 2.44. The van der Waals surface area contributed by atoms with Gasteiger partial charge in [0.05, 0.1) is 5.69 Å². The quantitative estimate of drug-likeness (QED) is 0.848. The first-order valence-electron chi connectivity index (χ1n) is 5.45. The Morgan fingerprint density at radius 2 is 1.94 bits per heavy atom. The third-order valence-electron chi connectivity index (χ3n) is 2.91. The molecule has 1 atom stereocenters. The highest BCUT2D eigenvalue weighted by Crippen LogP contribution is 2.24. The van der Waals surface area contributed by atoms with Gasteiger partial charge >= 0.3 is 0 Å². The number of rotatable bonds is 2. The van der Waals surface area contributed by atoms with E-state index < -0.39 is 0 Å². The van der Waals surface area contributed by atoms with Crippen LogP contribution in [0.4, 0.5) is 5.69 Å². The van der Waals surface area contributed by atoms with Crippen molar-refractivity contribution < 1.29 is 10.0 Å². The fraction of sp³-hybridized carbons (Fsp3) is 0.417. The molecule has 0 spiro atoms. The molecule has 0 bridgehead atoms. The summed E-state index contributed by atoms with van der Waals surface area (Å²) in [4.78, 5) is 11.7. The first-order valence-corrected chi connectivity index (χ1v) is 6.24. The number of ketones is 1. The van der Waals surface area contributed by atoms with Gasteiger partial charge in [0.1, 0.15) is 6.04 Å². The van der Waals surface area contributed by atoms with Gasteiger partial charge in [-0.15, -0.1) is 0 Å². The van der Waals surface area contributed by atoms with Crippen molar-refractivity contribution in [1.82, 2.24) is 0 Å². The molecule has 2 rings (SSSR count). The summed E-state index contributed by atoms with van der Waals surface area (Å²) in [5, 5.41) is 11.1. The van der Waals surface area contributed by atoms with Crippen LogP contribution in [0.15, 0.2) is 28.7 Å². The Morgan fingerprint density at radius 1 is 1.25 bits per heavy atom. The van der Waals surface area contributed by atoms with E-state index in [-0.39, 0.29) is 11.8 Å². The number of anilines is 1. The van der Waals surface area contributed by atoms with Crippen molar-refractivity contribution in [3.63, 3.8) is 0 Å². The van der Waals surface area contributed by atoms with E-state index >= 15 is 0 Å². The number of carbonyl (C=O) groups is 1. The second kappa shape index (κ2) is 4.97. The number of carbonyl (C=O) groups excluding carboxylic acids is 1. The van der Waals surface area contributed by atoms with E-state index in [1.54, 1.807) is 12.1 Å². The molecule has 0 radical (unpaired) electrons. The monoisotopic (exact) mass is 283 g/mol. The summed E-state index contributed by atoms with van der Waals surface area (Å²) in [5.41, 5.74) is 0.670. The molecular formula is C12H14BrNO2. The molecule has 86 valence electrons. The van der Waals surface area contributed by atoms with Gasteiger partial charge in [-0.1, -0.05) is 22.4 Å². The molecule has 1 fully saturated rings. The average molecular weight is 284 g/mol. The third-order valence-corrected chi connectivity index (χ3v) is 3.44. The lowest BCUT2D eigenvalue weighted by Crippen LogP contribution is -2.40. The molecule has 1 aliphatic rings. The van der Waals surface area contributed by atoms with E-state index in [4.69, 9.17) is 0 Å². The van der Waals surface area contributed by atoms with E-state index in [0.29, 0.717) is 12.1 Å². The molecule has 1 aromatic rings. The Kier molecular flexibility index (Phi) is 3.61. The number of hydroxylamine groups is 1. The smallest absolute Gasteiger partial charge is 0.157 e. The van der Waals surface area contributed by atoms with Crippen molar-refractivity contribution in [2.45, 2.75) is 31.7 Å². The fourth-order valence-corrected chi connectivity index (χ4v) is 2.26. The van der Waals surface area contributed by atoms with Crippen molar-refractivity contribution >= 4 is 27.4 Å². The van der Waals surface area contributed by atoms with Crippen molar-refractivity contribution in [2.75, 3.05) is 5.06 Å². The summed E-state index contributed by atoms with van der Waals surface area (Å²) >= 11 is 3.34. The van der Waals surface area contributed by atoms with E-state index in [0.717, 1.165) is 28.8 Å². The first kappa shape index (κ1) is 11.6. The number of benzene rings is 1. The Labute approximate surface area is 103 Å². The average Bonchev–Trinajstić information content (AvgIpc) is 2.30. The number of nitrogens with zero attached hydrogens (tertiary/aromatic N) is 1. The van der Waals surface area contributed by atoms with Crippen LogP contribution in [0.3, 0.4) is 0 Å². The molecule has 0 aromatic heterocycles. The fourth-order valence-electron chi connectivity index (χ4n) is 2.00. The number of Topliss-reactive ketones (excluding diaryl/α,β-unsaturated/α-hetero) is 1. The van der Waals surface area contributed by atoms with Gasteiger partial charge < -0.3 is 0 Å². The molecular weight excluding hydrogens is 270 g/mol. The number of halogens is 1. The van der Waals surface area contributed by atoms with Crippen LogP contribution in [-0.4, -0.2) is 17.0 Å². The minimum atomic E-state index is -0.366. The molecule has 0 saturated heterocycles. The lowest BCUT2D eigenvalue weighted by Gasteiger charge is -2.29. The molecule has 0 amide bonds. The predicted molar refractivity (Wildman–Crippen MR) is 65.7 cm³/mol. The largest absolute Gasteiger partial charge is 0.297 e. The van der Waals surface area contributed by atoms with E-state index in [9.17, 15) is 10.0 Å². The lowest BCUT2D eigenvalue weighted by atomic mass is 9.93. The molecule has 1 unspecified atom stereocenters. The summed E-state index contributed by atoms with van der Waals surface area (Å²) in [5.74, 6) is 0.136. The number of hydrogen-bond donors (Lipinski definition) is 1. The van der Waals surface area contributed by atoms with Gasteiger partial charge in [-0.05, 0) is 37.1 Å². The highest BCUT2D eigenvalue weighted by atomic mass is 79.9. The zero-order chi connectivity index (χ0) is 11.5. The van der Waals surface area contributed by atoms with Gasteiger partial charge in [0.15, 0.2) is 5.78 Å². The molecule has 1 N–H and O–H groups in total. The van der Waals surface area contributed by atoms with Gasteiger partial charge in [0.2, 0.25) is 0 Å². The summed E-state index contributed by atoms with van der Waals surface area (Å²) in [6.45, 7) is 0.